The Hall–Kier alpha value is -1.93. The first-order chi connectivity index (χ1) is 9.10. The molecule has 2 rings (SSSR count). The maximum Gasteiger partial charge on any atom is 0.221 e. The third kappa shape index (κ3) is 3.30. The Kier molecular flexibility index (Phi) is 4.13. The lowest BCUT2D eigenvalue weighted by Crippen LogP contribution is -2.40. The summed E-state index contributed by atoms with van der Waals surface area (Å²) in [6.07, 6.45) is 1.76. The van der Waals surface area contributed by atoms with Crippen molar-refractivity contribution in [1.29, 1.82) is 5.26 Å². The van der Waals surface area contributed by atoms with Crippen LogP contribution in [0.4, 0.5) is 4.39 Å². The number of nitriles is 1. The quantitative estimate of drug-likeness (QED) is 0.894. The smallest absolute Gasteiger partial charge is 0.221 e. The van der Waals surface area contributed by atoms with Gasteiger partial charge in [-0.2, -0.15) is 5.26 Å². The van der Waals surface area contributed by atoms with Crippen molar-refractivity contribution in [3.8, 4) is 6.07 Å². The number of hydrogen-bond donors (Lipinski definition) is 1. The number of amides is 1. The van der Waals surface area contributed by atoms with E-state index in [1.54, 1.807) is 12.1 Å². The second-order valence-corrected chi connectivity index (χ2v) is 4.90. The molecule has 4 nitrogen and oxygen atoms in total. The molecule has 1 atom stereocenters. The van der Waals surface area contributed by atoms with Crippen LogP contribution in [0.3, 0.4) is 0 Å². The fourth-order valence-corrected chi connectivity index (χ4v) is 2.45. The van der Waals surface area contributed by atoms with Crippen LogP contribution in [0.5, 0.6) is 0 Å². The van der Waals surface area contributed by atoms with E-state index in [1.165, 1.54) is 6.07 Å². The lowest BCUT2D eigenvalue weighted by Gasteiger charge is -2.31. The zero-order valence-corrected chi connectivity index (χ0v) is 10.6. The Labute approximate surface area is 111 Å². The van der Waals surface area contributed by atoms with Crippen molar-refractivity contribution in [3.63, 3.8) is 0 Å². The average Bonchev–Trinajstić information content (AvgIpc) is 2.41. The Morgan fingerprint density at radius 1 is 1.58 bits per heavy atom. The lowest BCUT2D eigenvalue weighted by molar-refractivity contribution is -0.123. The third-order valence-electron chi connectivity index (χ3n) is 3.47. The van der Waals surface area contributed by atoms with Gasteiger partial charge in [0.1, 0.15) is 11.9 Å². The van der Waals surface area contributed by atoms with E-state index in [-0.39, 0.29) is 17.4 Å². The van der Waals surface area contributed by atoms with Gasteiger partial charge in [0.2, 0.25) is 5.91 Å². The Morgan fingerprint density at radius 2 is 2.37 bits per heavy atom. The van der Waals surface area contributed by atoms with E-state index >= 15 is 0 Å². The second-order valence-electron chi connectivity index (χ2n) is 4.90. The van der Waals surface area contributed by atoms with E-state index in [4.69, 9.17) is 11.0 Å². The normalized spacial score (nSPS) is 19.9. The summed E-state index contributed by atoms with van der Waals surface area (Å²) in [6, 6.07) is 6.37. The number of halogens is 1. The number of piperidine rings is 1. The highest BCUT2D eigenvalue weighted by molar-refractivity contribution is 5.76. The predicted molar refractivity (Wildman–Crippen MR) is 68.3 cm³/mol. The molecule has 0 radical (unpaired) electrons. The van der Waals surface area contributed by atoms with Crippen molar-refractivity contribution < 1.29 is 9.18 Å². The minimum Gasteiger partial charge on any atom is -0.369 e. The van der Waals surface area contributed by atoms with Gasteiger partial charge in [-0.15, -0.1) is 0 Å². The minimum absolute atomic E-state index is 0.0564. The molecule has 0 saturated carbocycles. The molecule has 100 valence electrons. The van der Waals surface area contributed by atoms with E-state index < -0.39 is 5.82 Å². The monoisotopic (exact) mass is 261 g/mol. The van der Waals surface area contributed by atoms with Gasteiger partial charge >= 0.3 is 0 Å². The summed E-state index contributed by atoms with van der Waals surface area (Å²) < 4.78 is 13.2. The topological polar surface area (TPSA) is 70.1 Å². The summed E-state index contributed by atoms with van der Waals surface area (Å²) in [5.74, 6) is -0.869. The number of nitrogens with zero attached hydrogens (tertiary/aromatic N) is 2. The van der Waals surface area contributed by atoms with Crippen LogP contribution in [-0.4, -0.2) is 23.9 Å². The van der Waals surface area contributed by atoms with Crippen LogP contribution in [-0.2, 0) is 11.3 Å². The SMILES string of the molecule is N#Cc1cc(CN2CCCC(C(N)=O)C2)ccc1F. The van der Waals surface area contributed by atoms with Gasteiger partial charge in [-0.3, -0.25) is 9.69 Å². The number of carbonyl (C=O) groups is 1. The summed E-state index contributed by atoms with van der Waals surface area (Å²) in [5.41, 5.74) is 6.26. The van der Waals surface area contributed by atoms with Crippen LogP contribution < -0.4 is 5.73 Å². The van der Waals surface area contributed by atoms with Crippen LogP contribution in [0.2, 0.25) is 0 Å². The number of benzene rings is 1. The van der Waals surface area contributed by atoms with E-state index in [9.17, 15) is 9.18 Å². The first-order valence-corrected chi connectivity index (χ1v) is 6.30. The van der Waals surface area contributed by atoms with Crippen molar-refractivity contribution in [2.45, 2.75) is 19.4 Å². The summed E-state index contributed by atoms with van der Waals surface area (Å²) in [7, 11) is 0. The second kappa shape index (κ2) is 5.81. The average molecular weight is 261 g/mol. The van der Waals surface area contributed by atoms with Crippen LogP contribution in [0.1, 0.15) is 24.0 Å². The first kappa shape index (κ1) is 13.5. The number of nitrogens with two attached hydrogens (primary N) is 1. The molecule has 0 aromatic heterocycles. The van der Waals surface area contributed by atoms with Crippen molar-refractivity contribution in [2.24, 2.45) is 11.7 Å². The Morgan fingerprint density at radius 3 is 3.05 bits per heavy atom. The van der Waals surface area contributed by atoms with Gasteiger partial charge in [0, 0.05) is 13.1 Å². The summed E-state index contributed by atoms with van der Waals surface area (Å²) >= 11 is 0. The molecule has 19 heavy (non-hydrogen) atoms. The van der Waals surface area contributed by atoms with E-state index in [1.807, 2.05) is 6.07 Å². The molecule has 1 aliphatic heterocycles. The molecule has 5 heteroatoms. The molecule has 1 unspecified atom stereocenters. The summed E-state index contributed by atoms with van der Waals surface area (Å²) in [4.78, 5) is 13.3. The standard InChI is InChI=1S/C14H16FN3O/c15-13-4-3-10(6-12(13)7-16)8-18-5-1-2-11(9-18)14(17)19/h3-4,6,11H,1-2,5,8-9H2,(H2,17,19). The number of carbonyl (C=O) groups excluding carboxylic acids is 1. The van der Waals surface area contributed by atoms with Crippen molar-refractivity contribution in [2.75, 3.05) is 13.1 Å². The van der Waals surface area contributed by atoms with Crippen LogP contribution in [0, 0.1) is 23.1 Å². The molecule has 1 amide bonds. The molecule has 1 aromatic carbocycles. The van der Waals surface area contributed by atoms with Gasteiger partial charge in [0.15, 0.2) is 0 Å². The van der Waals surface area contributed by atoms with Gasteiger partial charge in [0.05, 0.1) is 11.5 Å². The molecule has 1 aromatic rings. The molecule has 1 heterocycles. The number of primary amides is 1. The third-order valence-corrected chi connectivity index (χ3v) is 3.47. The zero-order valence-electron chi connectivity index (χ0n) is 10.6. The highest BCUT2D eigenvalue weighted by atomic mass is 19.1. The molecule has 0 bridgehead atoms. The molecule has 1 saturated heterocycles. The van der Waals surface area contributed by atoms with E-state index in [2.05, 4.69) is 4.90 Å². The van der Waals surface area contributed by atoms with E-state index in [0.29, 0.717) is 13.1 Å². The van der Waals surface area contributed by atoms with Crippen molar-refractivity contribution in [1.82, 2.24) is 4.90 Å². The van der Waals surface area contributed by atoms with Gasteiger partial charge in [-0.05, 0) is 37.1 Å². The fourth-order valence-electron chi connectivity index (χ4n) is 2.45. The molecular weight excluding hydrogens is 245 g/mol. The molecule has 1 aliphatic rings. The zero-order chi connectivity index (χ0) is 13.8. The van der Waals surface area contributed by atoms with Gasteiger partial charge in [-0.25, -0.2) is 4.39 Å². The molecular formula is C14H16FN3O. The lowest BCUT2D eigenvalue weighted by atomic mass is 9.97. The summed E-state index contributed by atoms with van der Waals surface area (Å²) in [6.45, 7) is 2.14. The Bertz CT molecular complexity index is 524. The maximum absolute atomic E-state index is 13.2. The highest BCUT2D eigenvalue weighted by Crippen LogP contribution is 2.19. The highest BCUT2D eigenvalue weighted by Gasteiger charge is 2.23. The van der Waals surface area contributed by atoms with Crippen molar-refractivity contribution in [3.05, 3.63) is 35.1 Å². The first-order valence-electron chi connectivity index (χ1n) is 6.30. The van der Waals surface area contributed by atoms with Gasteiger partial charge < -0.3 is 5.73 Å². The van der Waals surface area contributed by atoms with Gasteiger partial charge in [-0.1, -0.05) is 6.07 Å². The molecule has 0 aliphatic carbocycles. The van der Waals surface area contributed by atoms with Crippen LogP contribution in [0.15, 0.2) is 18.2 Å². The molecule has 2 N–H and O–H groups in total. The van der Waals surface area contributed by atoms with Crippen LogP contribution >= 0.6 is 0 Å². The number of hydrogen-bond acceptors (Lipinski definition) is 3. The maximum atomic E-state index is 13.2. The van der Waals surface area contributed by atoms with Crippen LogP contribution in [0.25, 0.3) is 0 Å². The molecule has 1 fully saturated rings. The predicted octanol–water partition coefficient (Wildman–Crippen LogP) is 1.39. The largest absolute Gasteiger partial charge is 0.369 e. The molecule has 0 spiro atoms. The van der Waals surface area contributed by atoms with Gasteiger partial charge in [0.25, 0.3) is 0 Å². The number of rotatable bonds is 3. The minimum atomic E-state index is -0.500. The van der Waals surface area contributed by atoms with E-state index in [0.717, 1.165) is 24.9 Å². The fraction of sp³-hybridized carbons (Fsp3) is 0.429. The van der Waals surface area contributed by atoms with Crippen molar-refractivity contribution >= 4 is 5.91 Å². The number of likely N-dealkylation sites (tertiary alicyclic amines) is 1. The summed E-state index contributed by atoms with van der Waals surface area (Å²) in [5, 5.41) is 8.80. The Balaban J connectivity index is 2.05.